The summed E-state index contributed by atoms with van der Waals surface area (Å²) >= 11 is 5.83. The molecule has 0 unspecified atom stereocenters. The zero-order valence-corrected chi connectivity index (χ0v) is 11.4. The molecular weight excluding hydrogens is 296 g/mol. The Labute approximate surface area is 124 Å². The largest absolute Gasteiger partial charge is 0.484 e. The predicted molar refractivity (Wildman–Crippen MR) is 76.4 cm³/mol. The lowest BCUT2D eigenvalue weighted by Crippen LogP contribution is -1.94. The molecule has 21 heavy (non-hydrogen) atoms. The summed E-state index contributed by atoms with van der Waals surface area (Å²) in [6.45, 7) is 0.129. The van der Waals surface area contributed by atoms with E-state index in [4.69, 9.17) is 20.8 Å². The second-order valence-corrected chi connectivity index (χ2v) is 4.64. The predicted octanol–water partition coefficient (Wildman–Crippen LogP) is 3.97. The van der Waals surface area contributed by atoms with Gasteiger partial charge in [0.1, 0.15) is 16.3 Å². The maximum Gasteiger partial charge on any atom is 0.291 e. The van der Waals surface area contributed by atoms with Crippen molar-refractivity contribution in [2.45, 2.75) is 6.61 Å². The molecule has 3 rings (SSSR count). The number of oxazole rings is 1. The van der Waals surface area contributed by atoms with E-state index in [1.807, 2.05) is 30.3 Å². The van der Waals surface area contributed by atoms with Gasteiger partial charge in [-0.15, -0.1) is 0 Å². The van der Waals surface area contributed by atoms with Gasteiger partial charge in [-0.3, -0.25) is 10.1 Å². The van der Waals surface area contributed by atoms with Crippen molar-refractivity contribution in [3.63, 3.8) is 0 Å². The number of halogens is 1. The summed E-state index contributed by atoms with van der Waals surface area (Å²) in [5, 5.41) is 10.8. The van der Waals surface area contributed by atoms with Crippen LogP contribution < -0.4 is 4.74 Å². The normalized spacial score (nSPS) is 10.7. The maximum atomic E-state index is 10.8. The second kappa shape index (κ2) is 5.41. The highest BCUT2D eigenvalue weighted by molar-refractivity contribution is 6.33. The summed E-state index contributed by atoms with van der Waals surface area (Å²) in [6, 6.07) is 11.9. The maximum absolute atomic E-state index is 10.8. The number of aromatic nitrogens is 1. The molecule has 0 saturated carbocycles. The Bertz CT molecular complexity index is 801. The first kappa shape index (κ1) is 13.4. The third kappa shape index (κ3) is 2.80. The molecule has 3 aromatic rings. The molecule has 0 aliphatic heterocycles. The molecule has 0 atom stereocenters. The molecule has 1 aromatic heterocycles. The monoisotopic (exact) mass is 304 g/mol. The van der Waals surface area contributed by atoms with Crippen molar-refractivity contribution < 1.29 is 14.1 Å². The smallest absolute Gasteiger partial charge is 0.291 e. The van der Waals surface area contributed by atoms with Gasteiger partial charge in [-0.25, -0.2) is 4.98 Å². The lowest BCUT2D eigenvalue weighted by atomic mass is 10.3. The second-order valence-electron chi connectivity index (χ2n) is 4.24. The first-order chi connectivity index (χ1) is 10.1. The fourth-order valence-electron chi connectivity index (χ4n) is 1.85. The molecule has 0 fully saturated rings. The number of nitro benzene ring substituents is 1. The van der Waals surface area contributed by atoms with Gasteiger partial charge in [0.15, 0.2) is 12.2 Å². The number of para-hydroxylation sites is 1. The van der Waals surface area contributed by atoms with Crippen LogP contribution in [0.5, 0.6) is 5.75 Å². The SMILES string of the molecule is O=[N+]([O-])c1cc2oc(COc3ccccc3)nc2cc1Cl. The zero-order chi connectivity index (χ0) is 14.8. The Hall–Kier alpha value is -2.60. The first-order valence-electron chi connectivity index (χ1n) is 6.04. The van der Waals surface area contributed by atoms with Crippen molar-refractivity contribution in [3.05, 3.63) is 63.5 Å². The summed E-state index contributed by atoms with van der Waals surface area (Å²) in [5.74, 6) is 1.01. The highest BCUT2D eigenvalue weighted by Gasteiger charge is 2.17. The van der Waals surface area contributed by atoms with E-state index in [9.17, 15) is 10.1 Å². The van der Waals surface area contributed by atoms with Gasteiger partial charge < -0.3 is 9.15 Å². The van der Waals surface area contributed by atoms with E-state index in [-0.39, 0.29) is 17.3 Å². The third-order valence-corrected chi connectivity index (χ3v) is 3.11. The van der Waals surface area contributed by atoms with Crippen LogP contribution in [0, 0.1) is 10.1 Å². The molecular formula is C14H9ClN2O4. The third-order valence-electron chi connectivity index (χ3n) is 2.80. The summed E-state index contributed by atoms with van der Waals surface area (Å²) in [4.78, 5) is 14.4. The van der Waals surface area contributed by atoms with E-state index in [0.29, 0.717) is 22.7 Å². The van der Waals surface area contributed by atoms with Crippen LogP contribution >= 0.6 is 11.6 Å². The van der Waals surface area contributed by atoms with Crippen LogP contribution in [0.2, 0.25) is 5.02 Å². The van der Waals surface area contributed by atoms with Gasteiger partial charge >= 0.3 is 0 Å². The van der Waals surface area contributed by atoms with Gasteiger partial charge in [-0.1, -0.05) is 29.8 Å². The molecule has 0 saturated heterocycles. The van der Waals surface area contributed by atoms with Crippen molar-refractivity contribution in [3.8, 4) is 5.75 Å². The lowest BCUT2D eigenvalue weighted by molar-refractivity contribution is -0.384. The van der Waals surface area contributed by atoms with E-state index in [2.05, 4.69) is 4.98 Å². The van der Waals surface area contributed by atoms with E-state index in [0.717, 1.165) is 0 Å². The Balaban J connectivity index is 1.86. The van der Waals surface area contributed by atoms with Gasteiger partial charge in [-0.05, 0) is 18.2 Å². The van der Waals surface area contributed by atoms with Gasteiger partial charge in [0, 0.05) is 0 Å². The van der Waals surface area contributed by atoms with E-state index in [1.165, 1.54) is 12.1 Å². The molecule has 0 radical (unpaired) electrons. The molecule has 2 aromatic carbocycles. The molecule has 0 amide bonds. The molecule has 0 spiro atoms. The topological polar surface area (TPSA) is 78.4 Å². The molecule has 0 N–H and O–H groups in total. The van der Waals surface area contributed by atoms with Crippen molar-refractivity contribution in [2.75, 3.05) is 0 Å². The minimum Gasteiger partial charge on any atom is -0.484 e. The van der Waals surface area contributed by atoms with E-state index >= 15 is 0 Å². The fraction of sp³-hybridized carbons (Fsp3) is 0.0714. The number of hydrogen-bond acceptors (Lipinski definition) is 5. The zero-order valence-electron chi connectivity index (χ0n) is 10.7. The molecule has 0 aliphatic carbocycles. The Morgan fingerprint density at radius 2 is 2.05 bits per heavy atom. The van der Waals surface area contributed by atoms with Gasteiger partial charge in [0.2, 0.25) is 5.89 Å². The Morgan fingerprint density at radius 1 is 1.29 bits per heavy atom. The quantitative estimate of drug-likeness (QED) is 0.538. The number of rotatable bonds is 4. The van der Waals surface area contributed by atoms with Crippen LogP contribution in [-0.4, -0.2) is 9.91 Å². The summed E-state index contributed by atoms with van der Waals surface area (Å²) in [6.07, 6.45) is 0. The highest BCUT2D eigenvalue weighted by Crippen LogP contribution is 2.30. The fourth-order valence-corrected chi connectivity index (χ4v) is 2.08. The summed E-state index contributed by atoms with van der Waals surface area (Å²) < 4.78 is 10.9. The Morgan fingerprint density at radius 3 is 2.76 bits per heavy atom. The van der Waals surface area contributed by atoms with Crippen LogP contribution in [0.3, 0.4) is 0 Å². The number of ether oxygens (including phenoxy) is 1. The van der Waals surface area contributed by atoms with Crippen molar-refractivity contribution in [1.29, 1.82) is 0 Å². The lowest BCUT2D eigenvalue weighted by Gasteiger charge is -2.01. The molecule has 106 valence electrons. The van der Waals surface area contributed by atoms with Crippen molar-refractivity contribution >= 4 is 28.4 Å². The van der Waals surface area contributed by atoms with Crippen LogP contribution in [0.1, 0.15) is 5.89 Å². The standard InChI is InChI=1S/C14H9ClN2O4/c15-10-6-11-13(7-12(10)17(18)19)21-14(16-11)8-20-9-4-2-1-3-5-9/h1-7H,8H2. The number of hydrogen-bond donors (Lipinski definition) is 0. The van der Waals surface area contributed by atoms with Crippen LogP contribution in [0.15, 0.2) is 46.9 Å². The highest BCUT2D eigenvalue weighted by atomic mass is 35.5. The van der Waals surface area contributed by atoms with Crippen LogP contribution in [-0.2, 0) is 6.61 Å². The number of nitrogens with zero attached hydrogens (tertiary/aromatic N) is 2. The van der Waals surface area contributed by atoms with E-state index in [1.54, 1.807) is 0 Å². The first-order valence-corrected chi connectivity index (χ1v) is 6.42. The minimum atomic E-state index is -0.565. The molecule has 0 aliphatic rings. The van der Waals surface area contributed by atoms with Gasteiger partial charge in [0.05, 0.1) is 11.0 Å². The molecule has 0 bridgehead atoms. The summed E-state index contributed by atoms with van der Waals surface area (Å²) in [7, 11) is 0. The van der Waals surface area contributed by atoms with Crippen molar-refractivity contribution in [2.24, 2.45) is 0 Å². The average molecular weight is 305 g/mol. The molecule has 7 heteroatoms. The molecule has 1 heterocycles. The Kier molecular flexibility index (Phi) is 3.45. The minimum absolute atomic E-state index is 0.0244. The van der Waals surface area contributed by atoms with Crippen molar-refractivity contribution in [1.82, 2.24) is 4.98 Å². The van der Waals surface area contributed by atoms with Gasteiger partial charge in [-0.2, -0.15) is 0 Å². The van der Waals surface area contributed by atoms with Gasteiger partial charge in [0.25, 0.3) is 5.69 Å². The van der Waals surface area contributed by atoms with Crippen LogP contribution in [0.4, 0.5) is 5.69 Å². The number of nitro groups is 1. The van der Waals surface area contributed by atoms with Crippen LogP contribution in [0.25, 0.3) is 11.1 Å². The number of benzene rings is 2. The summed E-state index contributed by atoms with van der Waals surface area (Å²) in [5.41, 5.74) is 0.547. The average Bonchev–Trinajstić information content (AvgIpc) is 2.87. The number of fused-ring (bicyclic) bond motifs is 1. The van der Waals surface area contributed by atoms with E-state index < -0.39 is 4.92 Å². The molecule has 6 nitrogen and oxygen atoms in total.